The number of rotatable bonds is 10. The summed E-state index contributed by atoms with van der Waals surface area (Å²) in [5.74, 6) is -1.07. The van der Waals surface area contributed by atoms with Gasteiger partial charge in [-0.1, -0.05) is 6.42 Å². The second-order valence-electron chi connectivity index (χ2n) is 13.0. The highest BCUT2D eigenvalue weighted by molar-refractivity contribution is 5.73. The smallest absolute Gasteiger partial charge is 0.431 e. The van der Waals surface area contributed by atoms with Gasteiger partial charge in [-0.2, -0.15) is 0 Å². The first kappa shape index (κ1) is 34.3. The molecule has 2 fully saturated rings. The van der Waals surface area contributed by atoms with E-state index >= 15 is 0 Å². The molecule has 2 saturated carbocycles. The number of nitrogens with one attached hydrogen (secondary N) is 2. The predicted octanol–water partition coefficient (Wildman–Crippen LogP) is 7.05. The minimum atomic E-state index is -2.69. The van der Waals surface area contributed by atoms with Gasteiger partial charge in [-0.05, 0) is 113 Å². The molecule has 1 aliphatic heterocycles. The molecule has 0 aromatic carbocycles. The molecule has 5 rings (SSSR count). The van der Waals surface area contributed by atoms with E-state index in [1.54, 1.807) is 25.4 Å². The monoisotopic (exact) mass is 654 g/mol. The lowest BCUT2D eigenvalue weighted by Gasteiger charge is -2.52. The van der Waals surface area contributed by atoms with Crippen molar-refractivity contribution >= 4 is 23.6 Å². The number of esters is 1. The Labute approximate surface area is 274 Å². The van der Waals surface area contributed by atoms with Crippen LogP contribution in [0.5, 0.6) is 0 Å². The lowest BCUT2D eigenvalue weighted by Crippen LogP contribution is -2.68. The van der Waals surface area contributed by atoms with Crippen molar-refractivity contribution in [3.63, 3.8) is 0 Å². The molecule has 47 heavy (non-hydrogen) atoms. The second kappa shape index (κ2) is 14.8. The standard InChI is InChI=1S/C35H44F2N4O6/c1-22-18-29(26-8-7-16-38-21-26)40-35(20-22,41-30-19-25(31(36)37)15-17-39-30)34(3,44)27-13-11-24(12-14-27)32(42)45-23(2)46-33(43)47-28-9-5-4-6-10-28/h7-8,15-21,23-24,27-28,31,40,44H,4-6,9-14H2,1-3H3,(H,39,41). The number of carbonyl (C=O) groups excluding carboxylic acids is 2. The van der Waals surface area contributed by atoms with Crippen LogP contribution in [0.2, 0.25) is 0 Å². The molecule has 10 nitrogen and oxygen atoms in total. The number of nitrogens with zero attached hydrogens (tertiary/aromatic N) is 2. The molecule has 3 N–H and O–H groups in total. The Morgan fingerprint density at radius 2 is 1.83 bits per heavy atom. The zero-order chi connectivity index (χ0) is 33.6. The summed E-state index contributed by atoms with van der Waals surface area (Å²) in [7, 11) is 0. The zero-order valence-electron chi connectivity index (χ0n) is 27.1. The molecular weight excluding hydrogens is 610 g/mol. The van der Waals surface area contributed by atoms with Gasteiger partial charge in [0.2, 0.25) is 6.29 Å². The molecule has 2 aliphatic carbocycles. The van der Waals surface area contributed by atoms with Gasteiger partial charge in [-0.15, -0.1) is 0 Å². The number of alkyl halides is 2. The maximum Gasteiger partial charge on any atom is 0.511 e. The molecule has 0 spiro atoms. The Morgan fingerprint density at radius 1 is 1.09 bits per heavy atom. The van der Waals surface area contributed by atoms with E-state index in [0.29, 0.717) is 31.4 Å². The Bertz CT molecular complexity index is 1450. The summed E-state index contributed by atoms with van der Waals surface area (Å²) in [6.07, 6.45) is 10.2. The van der Waals surface area contributed by atoms with Crippen molar-refractivity contribution in [1.29, 1.82) is 0 Å². The zero-order valence-corrected chi connectivity index (χ0v) is 27.1. The quantitative estimate of drug-likeness (QED) is 0.181. The van der Waals surface area contributed by atoms with E-state index in [1.807, 2.05) is 25.1 Å². The van der Waals surface area contributed by atoms with Crippen molar-refractivity contribution in [2.45, 2.75) is 109 Å². The molecule has 2 aromatic rings. The average Bonchev–Trinajstić information content (AvgIpc) is 3.05. The van der Waals surface area contributed by atoms with Crippen molar-refractivity contribution in [3.8, 4) is 0 Å². The highest BCUT2D eigenvalue weighted by Gasteiger charge is 2.53. The first-order valence-electron chi connectivity index (χ1n) is 16.4. The predicted molar refractivity (Wildman–Crippen MR) is 171 cm³/mol. The maximum absolute atomic E-state index is 13.6. The average molecular weight is 655 g/mol. The third-order valence-electron chi connectivity index (χ3n) is 9.49. The van der Waals surface area contributed by atoms with Crippen molar-refractivity contribution in [2.24, 2.45) is 11.8 Å². The number of hydrogen-bond donors (Lipinski definition) is 3. The van der Waals surface area contributed by atoms with Gasteiger partial charge in [0.15, 0.2) is 5.66 Å². The number of anilines is 1. The minimum absolute atomic E-state index is 0.167. The topological polar surface area (TPSA) is 132 Å². The van der Waals surface area contributed by atoms with Gasteiger partial charge in [-0.25, -0.2) is 18.6 Å². The van der Waals surface area contributed by atoms with Crippen molar-refractivity contribution in [3.05, 3.63) is 71.7 Å². The van der Waals surface area contributed by atoms with Crippen LogP contribution in [0, 0.1) is 11.8 Å². The Hall–Kier alpha value is -4.06. The highest BCUT2D eigenvalue weighted by atomic mass is 19.3. The lowest BCUT2D eigenvalue weighted by molar-refractivity contribution is -0.176. The van der Waals surface area contributed by atoms with E-state index in [2.05, 4.69) is 20.6 Å². The number of aromatic nitrogens is 2. The van der Waals surface area contributed by atoms with E-state index in [-0.39, 0.29) is 23.4 Å². The van der Waals surface area contributed by atoms with Gasteiger partial charge in [-0.3, -0.25) is 9.78 Å². The van der Waals surface area contributed by atoms with Crippen LogP contribution >= 0.6 is 0 Å². The first-order valence-corrected chi connectivity index (χ1v) is 16.4. The van der Waals surface area contributed by atoms with Crippen LogP contribution in [0.4, 0.5) is 19.4 Å². The summed E-state index contributed by atoms with van der Waals surface area (Å²) >= 11 is 0. The fraction of sp³-hybridized carbons (Fsp3) is 0.543. The molecule has 0 bridgehead atoms. The molecule has 12 heteroatoms. The molecule has 3 atom stereocenters. The summed E-state index contributed by atoms with van der Waals surface area (Å²) in [4.78, 5) is 33.8. The number of hydrogen-bond acceptors (Lipinski definition) is 10. The maximum atomic E-state index is 13.6. The number of ether oxygens (including phenoxy) is 3. The van der Waals surface area contributed by atoms with Gasteiger partial charge in [0, 0.05) is 42.3 Å². The van der Waals surface area contributed by atoms with Crippen LogP contribution in [0.25, 0.3) is 5.70 Å². The fourth-order valence-electron chi connectivity index (χ4n) is 6.87. The summed E-state index contributed by atoms with van der Waals surface area (Å²) in [6.45, 7) is 5.09. The Balaban J connectivity index is 1.28. The molecule has 3 unspecified atom stereocenters. The van der Waals surface area contributed by atoms with E-state index in [0.717, 1.165) is 43.2 Å². The molecule has 3 aliphatic rings. The number of allylic oxidation sites excluding steroid dienone is 2. The Morgan fingerprint density at radius 3 is 2.51 bits per heavy atom. The van der Waals surface area contributed by atoms with Crippen LogP contribution in [-0.2, 0) is 19.0 Å². The number of halogens is 2. The normalized spacial score (nSPS) is 25.3. The summed E-state index contributed by atoms with van der Waals surface area (Å²) in [5, 5.41) is 19.2. The van der Waals surface area contributed by atoms with E-state index in [1.165, 1.54) is 25.3 Å². The fourth-order valence-corrected chi connectivity index (χ4v) is 6.87. The van der Waals surface area contributed by atoms with Gasteiger partial charge < -0.3 is 30.0 Å². The van der Waals surface area contributed by atoms with Crippen molar-refractivity contribution in [1.82, 2.24) is 15.3 Å². The summed E-state index contributed by atoms with van der Waals surface area (Å²) in [5.41, 5.74) is -0.785. The van der Waals surface area contributed by atoms with Gasteiger partial charge in [0.1, 0.15) is 17.5 Å². The largest absolute Gasteiger partial charge is 0.511 e. The van der Waals surface area contributed by atoms with Crippen LogP contribution in [0.3, 0.4) is 0 Å². The molecule has 3 heterocycles. The van der Waals surface area contributed by atoms with E-state index < -0.39 is 42.0 Å². The summed E-state index contributed by atoms with van der Waals surface area (Å²) in [6, 6.07) is 6.22. The van der Waals surface area contributed by atoms with Gasteiger partial charge in [0.25, 0.3) is 6.43 Å². The highest BCUT2D eigenvalue weighted by Crippen LogP contribution is 2.44. The van der Waals surface area contributed by atoms with Crippen LogP contribution in [-0.4, -0.2) is 50.9 Å². The van der Waals surface area contributed by atoms with Crippen LogP contribution in [0.15, 0.2) is 60.6 Å². The van der Waals surface area contributed by atoms with Gasteiger partial charge in [0.05, 0.1) is 5.92 Å². The number of carbonyl (C=O) groups is 2. The van der Waals surface area contributed by atoms with Crippen molar-refractivity contribution < 1.29 is 37.7 Å². The number of pyridine rings is 2. The third kappa shape index (κ3) is 8.27. The molecule has 0 amide bonds. The summed E-state index contributed by atoms with van der Waals surface area (Å²) < 4.78 is 43.2. The van der Waals surface area contributed by atoms with Crippen molar-refractivity contribution in [2.75, 3.05) is 5.32 Å². The molecular formula is C35H44F2N4O6. The van der Waals surface area contributed by atoms with Crippen LogP contribution < -0.4 is 10.6 Å². The second-order valence-corrected chi connectivity index (χ2v) is 13.0. The number of aliphatic hydroxyl groups is 1. The van der Waals surface area contributed by atoms with Crippen LogP contribution in [0.1, 0.15) is 96.1 Å². The molecule has 0 radical (unpaired) electrons. The number of dihydropyridines is 1. The minimum Gasteiger partial charge on any atom is -0.431 e. The molecule has 2 aromatic heterocycles. The first-order chi connectivity index (χ1) is 22.5. The SMILES string of the molecule is CC1=CC(Nc2cc(C(F)F)ccn2)(C(C)(O)C2CCC(C(=O)OC(C)OC(=O)OC3CCCCC3)CC2)NC(c2cccnc2)=C1. The van der Waals surface area contributed by atoms with Gasteiger partial charge >= 0.3 is 12.1 Å². The van der Waals surface area contributed by atoms with E-state index in [9.17, 15) is 23.5 Å². The Kier molecular flexibility index (Phi) is 10.8. The van der Waals surface area contributed by atoms with E-state index in [4.69, 9.17) is 14.2 Å². The molecule has 0 saturated heterocycles. The molecule has 254 valence electrons. The third-order valence-corrected chi connectivity index (χ3v) is 9.49. The lowest BCUT2D eigenvalue weighted by atomic mass is 9.68.